The maximum absolute atomic E-state index is 13.2. The van der Waals surface area contributed by atoms with Gasteiger partial charge in [0.1, 0.15) is 0 Å². The minimum absolute atomic E-state index is 0.130. The van der Waals surface area contributed by atoms with Crippen molar-refractivity contribution in [3.8, 4) is 11.8 Å². The third-order valence-electron chi connectivity index (χ3n) is 4.06. The van der Waals surface area contributed by atoms with Crippen molar-refractivity contribution in [3.05, 3.63) is 62.9 Å². The van der Waals surface area contributed by atoms with Gasteiger partial charge in [0.2, 0.25) is 0 Å². The molecule has 0 saturated carbocycles. The Balaban J connectivity index is 2.31. The van der Waals surface area contributed by atoms with Gasteiger partial charge in [-0.3, -0.25) is 9.36 Å². The second-order valence-electron chi connectivity index (χ2n) is 5.67. The highest BCUT2D eigenvalue weighted by molar-refractivity contribution is 7.99. The van der Waals surface area contributed by atoms with Crippen LogP contribution in [0.25, 0.3) is 16.6 Å². The van der Waals surface area contributed by atoms with Crippen molar-refractivity contribution < 1.29 is 0 Å². The fourth-order valence-corrected chi connectivity index (χ4v) is 3.63. The summed E-state index contributed by atoms with van der Waals surface area (Å²) < 4.78 is 1.64. The number of rotatable bonds is 4. The first-order valence-electron chi connectivity index (χ1n) is 7.81. The summed E-state index contributed by atoms with van der Waals surface area (Å²) in [6.07, 6.45) is 0.390. The third kappa shape index (κ3) is 3.41. The first kappa shape index (κ1) is 17.5. The molecule has 0 saturated heterocycles. The first-order chi connectivity index (χ1) is 12.0. The van der Waals surface area contributed by atoms with Crippen molar-refractivity contribution in [3.63, 3.8) is 0 Å². The highest BCUT2D eigenvalue weighted by atomic mass is 35.5. The Hall–Kier alpha value is -2.29. The SMILES string of the molecule is Cc1cccc(-n2c(SCCC#N)nc3cc(Cl)ccc3c2=O)c1C. The van der Waals surface area contributed by atoms with Gasteiger partial charge in [0.15, 0.2) is 5.16 Å². The second kappa shape index (κ2) is 7.30. The molecule has 1 heterocycles. The number of nitrogens with zero attached hydrogens (tertiary/aromatic N) is 3. The van der Waals surface area contributed by atoms with E-state index in [4.69, 9.17) is 16.9 Å². The van der Waals surface area contributed by atoms with E-state index in [1.165, 1.54) is 11.8 Å². The van der Waals surface area contributed by atoms with Crippen LogP contribution in [0.2, 0.25) is 5.02 Å². The lowest BCUT2D eigenvalue weighted by Gasteiger charge is -2.16. The summed E-state index contributed by atoms with van der Waals surface area (Å²) in [5, 5.41) is 10.4. The lowest BCUT2D eigenvalue weighted by Crippen LogP contribution is -2.22. The van der Waals surface area contributed by atoms with Crippen LogP contribution in [0.4, 0.5) is 0 Å². The molecule has 1 aromatic heterocycles. The molecule has 0 amide bonds. The summed E-state index contributed by atoms with van der Waals surface area (Å²) in [7, 11) is 0. The van der Waals surface area contributed by atoms with Crippen LogP contribution in [0.5, 0.6) is 0 Å². The third-order valence-corrected chi connectivity index (χ3v) is 5.24. The summed E-state index contributed by atoms with van der Waals surface area (Å²) in [4.78, 5) is 17.8. The summed E-state index contributed by atoms with van der Waals surface area (Å²) in [5.74, 6) is 0.569. The van der Waals surface area contributed by atoms with Crippen LogP contribution in [0.1, 0.15) is 17.5 Å². The fraction of sp³-hybridized carbons (Fsp3) is 0.211. The molecule has 0 unspecified atom stereocenters. The summed E-state index contributed by atoms with van der Waals surface area (Å²) in [6.45, 7) is 4.01. The van der Waals surface area contributed by atoms with Gasteiger partial charge >= 0.3 is 0 Å². The van der Waals surface area contributed by atoms with E-state index in [1.807, 2.05) is 32.0 Å². The van der Waals surface area contributed by atoms with E-state index in [0.717, 1.165) is 16.8 Å². The van der Waals surface area contributed by atoms with E-state index in [1.54, 1.807) is 22.8 Å². The number of aromatic nitrogens is 2. The normalized spacial score (nSPS) is 10.8. The maximum atomic E-state index is 13.2. The second-order valence-corrected chi connectivity index (χ2v) is 7.17. The Morgan fingerprint density at radius 1 is 1.28 bits per heavy atom. The molecule has 0 bridgehead atoms. The van der Waals surface area contributed by atoms with Gasteiger partial charge in [0.25, 0.3) is 5.56 Å². The van der Waals surface area contributed by atoms with Crippen LogP contribution in [0.15, 0.2) is 46.3 Å². The van der Waals surface area contributed by atoms with Crippen molar-refractivity contribution in [2.75, 3.05) is 5.75 Å². The number of aryl methyl sites for hydroxylation is 1. The van der Waals surface area contributed by atoms with Gasteiger partial charge in [0, 0.05) is 17.2 Å². The van der Waals surface area contributed by atoms with Crippen LogP contribution in [0, 0.1) is 25.2 Å². The molecule has 0 aliphatic carbocycles. The predicted molar refractivity (Wildman–Crippen MR) is 103 cm³/mol. The number of halogens is 1. The van der Waals surface area contributed by atoms with Crippen LogP contribution in [0.3, 0.4) is 0 Å². The number of hydrogen-bond donors (Lipinski definition) is 0. The summed E-state index contributed by atoms with van der Waals surface area (Å²) in [5.41, 5.74) is 3.39. The zero-order valence-corrected chi connectivity index (χ0v) is 15.5. The Kier molecular flexibility index (Phi) is 5.12. The zero-order chi connectivity index (χ0) is 18.0. The molecule has 3 aromatic rings. The van der Waals surface area contributed by atoms with Crippen LogP contribution < -0.4 is 5.56 Å². The molecule has 4 nitrogen and oxygen atoms in total. The minimum atomic E-state index is -0.130. The van der Waals surface area contributed by atoms with Crippen molar-refractivity contribution in [2.45, 2.75) is 25.4 Å². The molecule has 2 aromatic carbocycles. The highest BCUT2D eigenvalue weighted by Gasteiger charge is 2.15. The quantitative estimate of drug-likeness (QED) is 0.381. The van der Waals surface area contributed by atoms with Gasteiger partial charge in [-0.2, -0.15) is 5.26 Å². The van der Waals surface area contributed by atoms with E-state index in [-0.39, 0.29) is 5.56 Å². The molecule has 0 aliphatic rings. The standard InChI is InChI=1S/C19H16ClN3OS/c1-12-5-3-6-17(13(12)2)23-18(24)15-8-7-14(20)11-16(15)22-19(23)25-10-4-9-21/h3,5-8,11H,4,10H2,1-2H3. The number of thioether (sulfide) groups is 1. The monoisotopic (exact) mass is 369 g/mol. The average Bonchev–Trinajstić information content (AvgIpc) is 2.58. The Morgan fingerprint density at radius 2 is 2.08 bits per heavy atom. The molecule has 0 N–H and O–H groups in total. The Morgan fingerprint density at radius 3 is 2.84 bits per heavy atom. The van der Waals surface area contributed by atoms with Gasteiger partial charge in [-0.15, -0.1) is 0 Å². The van der Waals surface area contributed by atoms with E-state index in [2.05, 4.69) is 11.1 Å². The number of hydrogen-bond acceptors (Lipinski definition) is 4. The lowest BCUT2D eigenvalue weighted by molar-refractivity contribution is 0.813. The molecule has 126 valence electrons. The van der Waals surface area contributed by atoms with Crippen LogP contribution in [-0.4, -0.2) is 15.3 Å². The van der Waals surface area contributed by atoms with Gasteiger partial charge in [-0.25, -0.2) is 4.98 Å². The Labute approximate surface area is 155 Å². The maximum Gasteiger partial charge on any atom is 0.266 e. The fourth-order valence-electron chi connectivity index (χ4n) is 2.61. The molecule has 25 heavy (non-hydrogen) atoms. The first-order valence-corrected chi connectivity index (χ1v) is 9.18. The summed E-state index contributed by atoms with van der Waals surface area (Å²) >= 11 is 7.46. The molecule has 0 fully saturated rings. The van der Waals surface area contributed by atoms with Gasteiger partial charge in [-0.1, -0.05) is 35.5 Å². The van der Waals surface area contributed by atoms with E-state index < -0.39 is 0 Å². The van der Waals surface area contributed by atoms with Crippen molar-refractivity contribution in [1.29, 1.82) is 5.26 Å². The largest absolute Gasteiger partial charge is 0.268 e. The Bertz CT molecular complexity index is 1050. The lowest BCUT2D eigenvalue weighted by atomic mass is 10.1. The minimum Gasteiger partial charge on any atom is -0.268 e. The topological polar surface area (TPSA) is 58.7 Å². The smallest absolute Gasteiger partial charge is 0.266 e. The van der Waals surface area contributed by atoms with Gasteiger partial charge < -0.3 is 0 Å². The van der Waals surface area contributed by atoms with Crippen LogP contribution >= 0.6 is 23.4 Å². The van der Waals surface area contributed by atoms with E-state index >= 15 is 0 Å². The van der Waals surface area contributed by atoms with E-state index in [9.17, 15) is 4.79 Å². The highest BCUT2D eigenvalue weighted by Crippen LogP contribution is 2.25. The number of fused-ring (bicyclic) bond motifs is 1. The van der Waals surface area contributed by atoms with Crippen LogP contribution in [-0.2, 0) is 0 Å². The molecule has 0 atom stereocenters. The molecule has 0 spiro atoms. The molecular weight excluding hydrogens is 354 g/mol. The predicted octanol–water partition coefficient (Wildman–Crippen LogP) is 4.66. The van der Waals surface area contributed by atoms with Crippen molar-refractivity contribution in [1.82, 2.24) is 9.55 Å². The zero-order valence-electron chi connectivity index (χ0n) is 13.9. The van der Waals surface area contributed by atoms with Gasteiger partial charge in [0.05, 0.1) is 22.7 Å². The molecular formula is C19H16ClN3OS. The van der Waals surface area contributed by atoms with E-state index in [0.29, 0.717) is 33.3 Å². The molecule has 0 radical (unpaired) electrons. The number of benzene rings is 2. The van der Waals surface area contributed by atoms with Crippen molar-refractivity contribution in [2.24, 2.45) is 0 Å². The van der Waals surface area contributed by atoms with Crippen molar-refractivity contribution >= 4 is 34.3 Å². The van der Waals surface area contributed by atoms with Gasteiger partial charge in [-0.05, 0) is 49.2 Å². The number of nitriles is 1. The molecule has 0 aliphatic heterocycles. The molecule has 6 heteroatoms. The molecule has 3 rings (SSSR count). The summed E-state index contributed by atoms with van der Waals surface area (Å²) in [6, 6.07) is 13.1. The average molecular weight is 370 g/mol.